The van der Waals surface area contributed by atoms with Crippen LogP contribution in [-0.2, 0) is 5.41 Å². The van der Waals surface area contributed by atoms with Crippen molar-refractivity contribution >= 4 is 11.1 Å². The summed E-state index contributed by atoms with van der Waals surface area (Å²) < 4.78 is 0. The van der Waals surface area contributed by atoms with Crippen LogP contribution >= 0.6 is 0 Å². The highest BCUT2D eigenvalue weighted by molar-refractivity contribution is 5.88. The van der Waals surface area contributed by atoms with Crippen LogP contribution in [0, 0.1) is 40.9 Å². The van der Waals surface area contributed by atoms with Gasteiger partial charge in [0, 0.05) is 22.3 Å². The molecule has 0 N–H and O–H groups in total. The third kappa shape index (κ3) is 3.18. The molecule has 0 bridgehead atoms. The fourth-order valence-electron chi connectivity index (χ4n) is 13.2. The van der Waals surface area contributed by atoms with Crippen molar-refractivity contribution in [3.05, 3.63) is 199 Å². The summed E-state index contributed by atoms with van der Waals surface area (Å²) in [5.74, 6) is 10.2. The molecule has 0 aliphatic heterocycles. The lowest BCUT2D eigenvalue weighted by Crippen LogP contribution is -2.29. The van der Waals surface area contributed by atoms with E-state index in [0.717, 1.165) is 19.3 Å². The number of rotatable bonds is 2. The van der Waals surface area contributed by atoms with Gasteiger partial charge in [-0.2, -0.15) is 0 Å². The van der Waals surface area contributed by atoms with E-state index in [1.54, 1.807) is 50.2 Å². The standard InChI is InChI=1S/C52H40/c1-51(2)43-18-8-7-13-33(43)34-23-21-30(28-46(34)51)29-22-24-41-42(27-29)44-19-10-20-45-48(37-14-5-6-15-40(37)49-50(41)52(44,45)49)39-26-25-38-32-12-4-3-11-31(32)35-16-9-17-36(39)47(35)38/h3-14,16-20,27-28,38,40,47,49-50H,15,21-24H2,1-2H3. The first kappa shape index (κ1) is 28.5. The van der Waals surface area contributed by atoms with Gasteiger partial charge in [0.15, 0.2) is 0 Å². The number of hydrogen-bond donors (Lipinski definition) is 0. The molecule has 13 rings (SSSR count). The largest absolute Gasteiger partial charge is 0.0886 e. The predicted octanol–water partition coefficient (Wildman–Crippen LogP) is 11.7. The highest BCUT2D eigenvalue weighted by atomic mass is 14.8. The van der Waals surface area contributed by atoms with Crippen LogP contribution in [0.2, 0.25) is 0 Å². The number of fused-ring (bicyclic) bond motifs is 10. The molecule has 6 unspecified atom stereocenters. The Kier molecular flexibility index (Phi) is 5.17. The van der Waals surface area contributed by atoms with Gasteiger partial charge in [-0.3, -0.25) is 0 Å². The van der Waals surface area contributed by atoms with Gasteiger partial charge in [0.25, 0.3) is 0 Å². The molecule has 0 heteroatoms. The van der Waals surface area contributed by atoms with Crippen molar-refractivity contribution < 1.29 is 0 Å². The van der Waals surface area contributed by atoms with Crippen LogP contribution in [0.4, 0.5) is 0 Å². The summed E-state index contributed by atoms with van der Waals surface area (Å²) >= 11 is 0. The van der Waals surface area contributed by atoms with Crippen molar-refractivity contribution in [3.8, 4) is 11.8 Å². The molecular formula is C52H40. The Morgan fingerprint density at radius 1 is 0.750 bits per heavy atom. The highest BCUT2D eigenvalue weighted by Gasteiger charge is 2.77. The van der Waals surface area contributed by atoms with Gasteiger partial charge >= 0.3 is 0 Å². The molecule has 1 fully saturated rings. The highest BCUT2D eigenvalue weighted by Crippen LogP contribution is 2.83. The maximum Gasteiger partial charge on any atom is 0.0571 e. The maximum absolute atomic E-state index is 3.89. The van der Waals surface area contributed by atoms with E-state index >= 15 is 0 Å². The summed E-state index contributed by atoms with van der Waals surface area (Å²) in [6, 6.07) is 18.2. The monoisotopic (exact) mass is 664 g/mol. The summed E-state index contributed by atoms with van der Waals surface area (Å²) in [5.41, 5.74) is 26.0. The third-order valence-corrected chi connectivity index (χ3v) is 15.2. The number of hydrogen-bond acceptors (Lipinski definition) is 0. The Morgan fingerprint density at radius 2 is 1.56 bits per heavy atom. The molecule has 11 aliphatic carbocycles. The van der Waals surface area contributed by atoms with Crippen LogP contribution in [0.5, 0.6) is 0 Å². The second-order valence-electron chi connectivity index (χ2n) is 17.5. The predicted molar refractivity (Wildman–Crippen MR) is 212 cm³/mol. The van der Waals surface area contributed by atoms with Crippen molar-refractivity contribution in [2.24, 2.45) is 29.1 Å². The molecule has 11 aliphatic rings. The van der Waals surface area contributed by atoms with Gasteiger partial charge in [-0.05, 0) is 133 Å². The van der Waals surface area contributed by atoms with Crippen molar-refractivity contribution in [1.29, 1.82) is 0 Å². The molecule has 0 saturated heterocycles. The van der Waals surface area contributed by atoms with Crippen LogP contribution in [0.25, 0.3) is 11.1 Å². The lowest BCUT2D eigenvalue weighted by molar-refractivity contribution is 0.452. The van der Waals surface area contributed by atoms with Gasteiger partial charge in [0.1, 0.15) is 0 Å². The van der Waals surface area contributed by atoms with Crippen LogP contribution in [0.3, 0.4) is 0 Å². The van der Waals surface area contributed by atoms with E-state index in [4.69, 9.17) is 0 Å². The van der Waals surface area contributed by atoms with Crippen molar-refractivity contribution in [2.75, 3.05) is 0 Å². The average molecular weight is 665 g/mol. The van der Waals surface area contributed by atoms with E-state index < -0.39 is 0 Å². The molecule has 0 radical (unpaired) electrons. The Balaban J connectivity index is 0.945. The zero-order valence-corrected chi connectivity index (χ0v) is 29.9. The Hall–Kier alpha value is -5.12. The van der Waals surface area contributed by atoms with Crippen molar-refractivity contribution in [2.45, 2.75) is 57.3 Å². The second kappa shape index (κ2) is 9.45. The maximum atomic E-state index is 3.89. The molecule has 0 aromatic heterocycles. The van der Waals surface area contributed by atoms with Crippen LogP contribution < -0.4 is 0 Å². The third-order valence-electron chi connectivity index (χ3n) is 15.2. The zero-order valence-electron chi connectivity index (χ0n) is 29.9. The van der Waals surface area contributed by atoms with E-state index in [9.17, 15) is 0 Å². The summed E-state index contributed by atoms with van der Waals surface area (Å²) in [7, 11) is 0. The van der Waals surface area contributed by atoms with Gasteiger partial charge in [-0.25, -0.2) is 0 Å². The minimum Gasteiger partial charge on any atom is -0.0886 e. The lowest BCUT2D eigenvalue weighted by atomic mass is 9.63. The Bertz CT molecular complexity index is 2640. The number of allylic oxidation sites excluding steroid dienone is 24. The number of benzene rings is 2. The van der Waals surface area contributed by atoms with Crippen LogP contribution in [0.15, 0.2) is 177 Å². The van der Waals surface area contributed by atoms with Gasteiger partial charge in [0.2, 0.25) is 0 Å². The minimum atomic E-state index is 0.0655. The summed E-state index contributed by atoms with van der Waals surface area (Å²) in [6.07, 6.45) is 32.8. The van der Waals surface area contributed by atoms with E-state index in [0.29, 0.717) is 23.7 Å². The van der Waals surface area contributed by atoms with E-state index in [1.807, 2.05) is 0 Å². The first-order chi connectivity index (χ1) is 25.6. The fourth-order valence-corrected chi connectivity index (χ4v) is 13.2. The smallest absolute Gasteiger partial charge is 0.0571 e. The topological polar surface area (TPSA) is 0 Å². The van der Waals surface area contributed by atoms with Crippen LogP contribution in [-0.4, -0.2) is 0 Å². The molecule has 248 valence electrons. The molecule has 0 heterocycles. The lowest BCUT2D eigenvalue weighted by Gasteiger charge is -2.39. The molecule has 52 heavy (non-hydrogen) atoms. The van der Waals surface area contributed by atoms with Gasteiger partial charge in [-0.1, -0.05) is 147 Å². The average Bonchev–Trinajstić information content (AvgIpc) is 3.51. The summed E-state index contributed by atoms with van der Waals surface area (Å²) in [5, 5.41) is 0. The van der Waals surface area contributed by atoms with E-state index in [2.05, 4.69) is 141 Å². The molecule has 0 nitrogen and oxygen atoms in total. The molecule has 1 spiro atoms. The van der Waals surface area contributed by atoms with Crippen LogP contribution in [0.1, 0.15) is 74.1 Å². The molecule has 6 atom stereocenters. The first-order valence-corrected chi connectivity index (χ1v) is 19.8. The zero-order chi connectivity index (χ0) is 34.1. The minimum absolute atomic E-state index is 0.0655. The Morgan fingerprint density at radius 3 is 2.50 bits per heavy atom. The van der Waals surface area contributed by atoms with E-state index in [-0.39, 0.29) is 16.7 Å². The molecular weight excluding hydrogens is 625 g/mol. The van der Waals surface area contributed by atoms with Gasteiger partial charge in [0.05, 0.1) is 5.92 Å². The first-order valence-electron chi connectivity index (χ1n) is 19.8. The summed E-state index contributed by atoms with van der Waals surface area (Å²) in [4.78, 5) is 0. The second-order valence-corrected chi connectivity index (χ2v) is 17.5. The molecule has 1 saturated carbocycles. The SMILES string of the molecule is CC1(C)C2=C(CCC(C3=CC4=C(CC3)C3C5C6CC=CC=C6C(C6=C7C=CC=C8c9ccccc9C(C#C6)C87)=C6C=CC=C4C635)=C2)c2ccccc21. The molecule has 0 amide bonds. The van der Waals surface area contributed by atoms with Gasteiger partial charge < -0.3 is 0 Å². The quantitative estimate of drug-likeness (QED) is 0.280. The van der Waals surface area contributed by atoms with Gasteiger partial charge in [-0.15, -0.1) is 0 Å². The fraction of sp³-hybridized carbons (Fsp3) is 0.269. The van der Waals surface area contributed by atoms with Crippen molar-refractivity contribution in [1.82, 2.24) is 0 Å². The summed E-state index contributed by atoms with van der Waals surface area (Å²) in [6.45, 7) is 4.87. The normalized spacial score (nSPS) is 33.7. The molecule has 2 aromatic rings. The Labute approximate surface area is 307 Å². The van der Waals surface area contributed by atoms with E-state index in [1.165, 1.54) is 57.4 Å². The van der Waals surface area contributed by atoms with Crippen molar-refractivity contribution in [3.63, 3.8) is 0 Å². The molecule has 2 aromatic carbocycles.